The molecule has 0 aromatic heterocycles. The van der Waals surface area contributed by atoms with Crippen molar-refractivity contribution in [2.75, 3.05) is 20.1 Å². The molecule has 1 aliphatic heterocycles. The van der Waals surface area contributed by atoms with Crippen molar-refractivity contribution in [3.8, 4) is 0 Å². The number of likely N-dealkylation sites (N-methyl/N-ethyl adjacent to an activating group) is 1. The van der Waals surface area contributed by atoms with E-state index in [0.717, 1.165) is 32.4 Å². The zero-order valence-corrected chi connectivity index (χ0v) is 9.52. The summed E-state index contributed by atoms with van der Waals surface area (Å²) < 4.78 is 0. The predicted octanol–water partition coefficient (Wildman–Crippen LogP) is 0.903. The summed E-state index contributed by atoms with van der Waals surface area (Å²) in [5.41, 5.74) is 0. The van der Waals surface area contributed by atoms with Crippen molar-refractivity contribution >= 4 is 6.03 Å². The Balaban J connectivity index is 2.05. The van der Waals surface area contributed by atoms with Gasteiger partial charge in [-0.2, -0.15) is 0 Å². The maximum absolute atomic E-state index is 11.8. The number of aliphatic hydroxyl groups is 1. The van der Waals surface area contributed by atoms with Gasteiger partial charge in [0, 0.05) is 26.2 Å². The molecule has 86 valence electrons. The van der Waals surface area contributed by atoms with Gasteiger partial charge in [-0.1, -0.05) is 6.92 Å². The van der Waals surface area contributed by atoms with Gasteiger partial charge in [-0.3, -0.25) is 0 Å². The first-order valence-corrected chi connectivity index (χ1v) is 5.79. The molecule has 1 saturated heterocycles. The largest absolute Gasteiger partial charge is 0.393 e. The van der Waals surface area contributed by atoms with Crippen LogP contribution in [0.25, 0.3) is 0 Å². The van der Waals surface area contributed by atoms with E-state index in [4.69, 9.17) is 0 Å². The van der Waals surface area contributed by atoms with Gasteiger partial charge in [-0.25, -0.2) is 4.79 Å². The van der Waals surface area contributed by atoms with Gasteiger partial charge in [0.05, 0.1) is 6.10 Å². The van der Waals surface area contributed by atoms with E-state index in [0.29, 0.717) is 5.92 Å². The Bertz CT molecular complexity index is 257. The van der Waals surface area contributed by atoms with Crippen molar-refractivity contribution < 1.29 is 9.90 Å². The predicted molar refractivity (Wildman–Crippen MR) is 57.5 cm³/mol. The minimum atomic E-state index is -0.218. The van der Waals surface area contributed by atoms with Gasteiger partial charge in [0.1, 0.15) is 0 Å². The first-order valence-electron chi connectivity index (χ1n) is 5.79. The zero-order chi connectivity index (χ0) is 11.0. The van der Waals surface area contributed by atoms with Crippen molar-refractivity contribution in [2.45, 2.75) is 38.3 Å². The van der Waals surface area contributed by atoms with Crippen molar-refractivity contribution in [3.05, 3.63) is 0 Å². The number of carbonyl (C=O) groups is 1. The van der Waals surface area contributed by atoms with Crippen LogP contribution in [0.15, 0.2) is 0 Å². The molecule has 1 heterocycles. The van der Waals surface area contributed by atoms with Crippen LogP contribution in [0.3, 0.4) is 0 Å². The first kappa shape index (κ1) is 10.7. The maximum Gasteiger partial charge on any atom is 0.320 e. The van der Waals surface area contributed by atoms with Crippen molar-refractivity contribution in [3.63, 3.8) is 0 Å². The number of carbonyl (C=O) groups excluding carboxylic acids is 1. The Morgan fingerprint density at radius 3 is 2.67 bits per heavy atom. The van der Waals surface area contributed by atoms with Crippen molar-refractivity contribution in [2.24, 2.45) is 5.92 Å². The Hall–Kier alpha value is -0.770. The molecular weight excluding hydrogens is 192 g/mol. The smallest absolute Gasteiger partial charge is 0.320 e. The molecule has 3 atom stereocenters. The second-order valence-corrected chi connectivity index (χ2v) is 4.91. The Morgan fingerprint density at radius 1 is 1.33 bits per heavy atom. The molecule has 0 bridgehead atoms. The van der Waals surface area contributed by atoms with Gasteiger partial charge in [-0.05, 0) is 25.2 Å². The van der Waals surface area contributed by atoms with Gasteiger partial charge in [0.25, 0.3) is 0 Å². The van der Waals surface area contributed by atoms with Crippen LogP contribution >= 0.6 is 0 Å². The van der Waals surface area contributed by atoms with E-state index in [1.165, 1.54) is 0 Å². The lowest BCUT2D eigenvalue weighted by Crippen LogP contribution is -2.46. The highest BCUT2D eigenvalue weighted by atomic mass is 16.3. The highest BCUT2D eigenvalue weighted by Crippen LogP contribution is 2.30. The maximum atomic E-state index is 11.8. The summed E-state index contributed by atoms with van der Waals surface area (Å²) in [5, 5.41) is 9.66. The second kappa shape index (κ2) is 4.00. The number of hydrogen-bond acceptors (Lipinski definition) is 2. The summed E-state index contributed by atoms with van der Waals surface area (Å²) in [5.74, 6) is 0.517. The summed E-state index contributed by atoms with van der Waals surface area (Å²) in [4.78, 5) is 15.5. The van der Waals surface area contributed by atoms with Crippen molar-refractivity contribution in [1.29, 1.82) is 0 Å². The highest BCUT2D eigenvalue weighted by Gasteiger charge is 2.37. The number of nitrogens with zero attached hydrogens (tertiary/aromatic N) is 2. The zero-order valence-electron chi connectivity index (χ0n) is 9.52. The van der Waals surface area contributed by atoms with Crippen molar-refractivity contribution in [1.82, 2.24) is 9.80 Å². The lowest BCUT2D eigenvalue weighted by atomic mass is 9.83. The number of amides is 2. The van der Waals surface area contributed by atoms with E-state index in [1.807, 2.05) is 11.9 Å². The van der Waals surface area contributed by atoms with E-state index in [2.05, 4.69) is 6.92 Å². The summed E-state index contributed by atoms with van der Waals surface area (Å²) in [6, 6.07) is 0.368. The monoisotopic (exact) mass is 212 g/mol. The molecule has 15 heavy (non-hydrogen) atoms. The molecule has 2 fully saturated rings. The van der Waals surface area contributed by atoms with Gasteiger partial charge in [-0.15, -0.1) is 0 Å². The van der Waals surface area contributed by atoms with E-state index in [1.54, 1.807) is 4.90 Å². The van der Waals surface area contributed by atoms with Crippen LogP contribution in [-0.2, 0) is 0 Å². The number of rotatable bonds is 1. The highest BCUT2D eigenvalue weighted by molar-refractivity contribution is 5.76. The van der Waals surface area contributed by atoms with Crippen LogP contribution in [0.1, 0.15) is 26.2 Å². The normalized spacial score (nSPS) is 37.5. The molecule has 0 aromatic carbocycles. The summed E-state index contributed by atoms with van der Waals surface area (Å²) in [7, 11) is 1.84. The van der Waals surface area contributed by atoms with E-state index < -0.39 is 0 Å². The molecule has 3 unspecified atom stereocenters. The quantitative estimate of drug-likeness (QED) is 0.702. The summed E-state index contributed by atoms with van der Waals surface area (Å²) in [6.07, 6.45) is 2.44. The molecular formula is C11H20N2O2. The van der Waals surface area contributed by atoms with E-state index in [9.17, 15) is 9.90 Å². The molecule has 2 aliphatic rings. The molecule has 1 aliphatic carbocycles. The third kappa shape index (κ3) is 1.95. The Labute approximate surface area is 90.9 Å². The van der Waals surface area contributed by atoms with Crippen LogP contribution in [0, 0.1) is 5.92 Å². The molecule has 4 nitrogen and oxygen atoms in total. The molecule has 2 amide bonds. The van der Waals surface area contributed by atoms with Crippen LogP contribution in [0.5, 0.6) is 0 Å². The Morgan fingerprint density at radius 2 is 2.07 bits per heavy atom. The fraction of sp³-hybridized carbons (Fsp3) is 0.909. The first-order chi connectivity index (χ1) is 7.09. The molecule has 0 radical (unpaired) electrons. The molecule has 1 saturated carbocycles. The SMILES string of the molecule is CC1CCC(O)CC1N1CCN(C)C1=O. The molecule has 1 N–H and O–H groups in total. The van der Waals surface area contributed by atoms with Gasteiger partial charge in [0.15, 0.2) is 0 Å². The fourth-order valence-corrected chi connectivity index (χ4v) is 2.69. The number of hydrogen-bond donors (Lipinski definition) is 1. The number of aliphatic hydroxyl groups excluding tert-OH is 1. The van der Waals surface area contributed by atoms with Gasteiger partial charge >= 0.3 is 6.03 Å². The third-order valence-electron chi connectivity index (χ3n) is 3.77. The fourth-order valence-electron chi connectivity index (χ4n) is 2.69. The minimum absolute atomic E-state index is 0.126. The third-order valence-corrected chi connectivity index (χ3v) is 3.77. The summed E-state index contributed by atoms with van der Waals surface area (Å²) in [6.45, 7) is 3.82. The van der Waals surface area contributed by atoms with Crippen LogP contribution < -0.4 is 0 Å². The van der Waals surface area contributed by atoms with Crippen LogP contribution in [0.4, 0.5) is 4.79 Å². The minimum Gasteiger partial charge on any atom is -0.393 e. The molecule has 0 spiro atoms. The lowest BCUT2D eigenvalue weighted by Gasteiger charge is -2.37. The topological polar surface area (TPSA) is 43.8 Å². The van der Waals surface area contributed by atoms with Crippen LogP contribution in [-0.4, -0.2) is 53.2 Å². The number of urea groups is 1. The van der Waals surface area contributed by atoms with Gasteiger partial charge < -0.3 is 14.9 Å². The van der Waals surface area contributed by atoms with E-state index in [-0.39, 0.29) is 18.2 Å². The van der Waals surface area contributed by atoms with Gasteiger partial charge in [0.2, 0.25) is 0 Å². The molecule has 0 aromatic rings. The second-order valence-electron chi connectivity index (χ2n) is 4.91. The Kier molecular flexibility index (Phi) is 2.87. The molecule has 4 heteroatoms. The average molecular weight is 212 g/mol. The van der Waals surface area contributed by atoms with Crippen LogP contribution in [0.2, 0.25) is 0 Å². The average Bonchev–Trinajstić information content (AvgIpc) is 2.52. The lowest BCUT2D eigenvalue weighted by molar-refractivity contribution is 0.0533. The molecule has 2 rings (SSSR count). The van der Waals surface area contributed by atoms with E-state index >= 15 is 0 Å². The summed E-state index contributed by atoms with van der Waals surface area (Å²) >= 11 is 0. The standard InChI is InChI=1S/C11H20N2O2/c1-8-3-4-9(14)7-10(8)13-6-5-12(2)11(13)15/h8-10,14H,3-7H2,1-2H3.